The van der Waals surface area contributed by atoms with Crippen LogP contribution in [-0.2, 0) is 0 Å². The number of nitrogens with zero attached hydrogens (tertiary/aromatic N) is 1. The Kier molecular flexibility index (Phi) is 1.98. The third-order valence-electron chi connectivity index (χ3n) is 1.68. The Morgan fingerprint density at radius 2 is 2.23 bits per heavy atom. The first kappa shape index (κ1) is 8.19. The SMILES string of the molecule is Cc1ccc(-c2ccnc(=O)[nH]2)s1. The molecule has 0 aliphatic heterocycles. The van der Waals surface area contributed by atoms with E-state index < -0.39 is 0 Å². The lowest BCUT2D eigenvalue weighted by Crippen LogP contribution is -2.08. The molecular weight excluding hydrogens is 184 g/mol. The van der Waals surface area contributed by atoms with Gasteiger partial charge in [0.1, 0.15) is 0 Å². The van der Waals surface area contributed by atoms with E-state index in [0.717, 1.165) is 10.6 Å². The molecule has 2 rings (SSSR count). The summed E-state index contributed by atoms with van der Waals surface area (Å²) in [5.74, 6) is 0. The van der Waals surface area contributed by atoms with Gasteiger partial charge < -0.3 is 4.98 Å². The fourth-order valence-electron chi connectivity index (χ4n) is 1.09. The van der Waals surface area contributed by atoms with E-state index in [-0.39, 0.29) is 5.69 Å². The lowest BCUT2D eigenvalue weighted by Gasteiger charge is -1.93. The molecule has 13 heavy (non-hydrogen) atoms. The smallest absolute Gasteiger partial charge is 0.305 e. The van der Waals surface area contributed by atoms with Crippen LogP contribution in [0.15, 0.2) is 29.2 Å². The Morgan fingerprint density at radius 1 is 1.38 bits per heavy atom. The van der Waals surface area contributed by atoms with Gasteiger partial charge in [-0.05, 0) is 25.1 Å². The van der Waals surface area contributed by atoms with Crippen molar-refractivity contribution in [3.8, 4) is 10.6 Å². The van der Waals surface area contributed by atoms with Gasteiger partial charge in [0.2, 0.25) is 0 Å². The molecule has 0 amide bonds. The summed E-state index contributed by atoms with van der Waals surface area (Å²) in [6.07, 6.45) is 1.52. The first-order chi connectivity index (χ1) is 6.25. The van der Waals surface area contributed by atoms with E-state index in [1.807, 2.05) is 19.1 Å². The number of aromatic amines is 1. The molecule has 0 saturated carbocycles. The molecule has 66 valence electrons. The fourth-order valence-corrected chi connectivity index (χ4v) is 1.94. The molecule has 0 radical (unpaired) electrons. The zero-order valence-electron chi connectivity index (χ0n) is 7.07. The third kappa shape index (κ3) is 1.67. The second-order valence-electron chi connectivity index (χ2n) is 2.70. The van der Waals surface area contributed by atoms with Gasteiger partial charge in [-0.1, -0.05) is 0 Å². The third-order valence-corrected chi connectivity index (χ3v) is 2.71. The second kappa shape index (κ2) is 3.14. The topological polar surface area (TPSA) is 45.8 Å². The molecule has 0 unspecified atom stereocenters. The summed E-state index contributed by atoms with van der Waals surface area (Å²) < 4.78 is 0. The molecule has 0 spiro atoms. The maximum atomic E-state index is 10.9. The fraction of sp³-hybridized carbons (Fsp3) is 0.111. The number of aromatic nitrogens is 2. The number of hydrogen-bond acceptors (Lipinski definition) is 3. The molecular formula is C9H8N2OS. The average molecular weight is 192 g/mol. The Bertz CT molecular complexity index is 472. The van der Waals surface area contributed by atoms with Gasteiger partial charge >= 0.3 is 5.69 Å². The quantitative estimate of drug-likeness (QED) is 0.749. The van der Waals surface area contributed by atoms with E-state index >= 15 is 0 Å². The summed E-state index contributed by atoms with van der Waals surface area (Å²) in [5, 5.41) is 0. The first-order valence-electron chi connectivity index (χ1n) is 3.88. The Labute approximate surface area is 79.1 Å². The van der Waals surface area contributed by atoms with Crippen LogP contribution >= 0.6 is 11.3 Å². The molecule has 0 aliphatic carbocycles. The first-order valence-corrected chi connectivity index (χ1v) is 4.69. The highest BCUT2D eigenvalue weighted by Gasteiger charge is 2.00. The average Bonchev–Trinajstić information content (AvgIpc) is 2.52. The van der Waals surface area contributed by atoms with E-state index in [9.17, 15) is 4.79 Å². The van der Waals surface area contributed by atoms with Crippen LogP contribution in [0.3, 0.4) is 0 Å². The van der Waals surface area contributed by atoms with Crippen LogP contribution in [0.2, 0.25) is 0 Å². The normalized spacial score (nSPS) is 10.2. The maximum Gasteiger partial charge on any atom is 0.345 e. The van der Waals surface area contributed by atoms with E-state index in [1.54, 1.807) is 17.4 Å². The van der Waals surface area contributed by atoms with Gasteiger partial charge in [0.15, 0.2) is 0 Å². The molecule has 2 aromatic heterocycles. The van der Waals surface area contributed by atoms with E-state index in [0.29, 0.717) is 0 Å². The highest BCUT2D eigenvalue weighted by Crippen LogP contribution is 2.24. The monoisotopic (exact) mass is 192 g/mol. The summed E-state index contributed by atoms with van der Waals surface area (Å²) in [4.78, 5) is 19.5. The zero-order valence-corrected chi connectivity index (χ0v) is 7.89. The van der Waals surface area contributed by atoms with Crippen molar-refractivity contribution in [2.45, 2.75) is 6.92 Å². The maximum absolute atomic E-state index is 10.9. The van der Waals surface area contributed by atoms with Gasteiger partial charge in [-0.3, -0.25) is 0 Å². The van der Waals surface area contributed by atoms with E-state index in [1.165, 1.54) is 11.1 Å². The summed E-state index contributed by atoms with van der Waals surface area (Å²) in [6, 6.07) is 5.82. The number of H-pyrrole nitrogens is 1. The number of rotatable bonds is 1. The highest BCUT2D eigenvalue weighted by atomic mass is 32.1. The van der Waals surface area contributed by atoms with Crippen LogP contribution in [0.5, 0.6) is 0 Å². The van der Waals surface area contributed by atoms with Crippen LogP contribution in [0.1, 0.15) is 4.88 Å². The molecule has 0 bridgehead atoms. The van der Waals surface area contributed by atoms with Crippen molar-refractivity contribution in [2.24, 2.45) is 0 Å². The molecule has 0 aromatic carbocycles. The van der Waals surface area contributed by atoms with Crippen molar-refractivity contribution >= 4 is 11.3 Å². The summed E-state index contributed by atoms with van der Waals surface area (Å²) in [6.45, 7) is 2.04. The van der Waals surface area contributed by atoms with Gasteiger partial charge in [0, 0.05) is 11.1 Å². The molecule has 3 nitrogen and oxygen atoms in total. The Hall–Kier alpha value is -1.42. The van der Waals surface area contributed by atoms with Crippen molar-refractivity contribution < 1.29 is 0 Å². The van der Waals surface area contributed by atoms with Crippen molar-refractivity contribution in [1.29, 1.82) is 0 Å². The van der Waals surface area contributed by atoms with Crippen LogP contribution in [0, 0.1) is 6.92 Å². The highest BCUT2D eigenvalue weighted by molar-refractivity contribution is 7.15. The minimum absolute atomic E-state index is 0.302. The molecule has 0 atom stereocenters. The summed E-state index contributed by atoms with van der Waals surface area (Å²) in [7, 11) is 0. The van der Waals surface area contributed by atoms with Crippen LogP contribution in [0.25, 0.3) is 10.6 Å². The number of thiophene rings is 1. The van der Waals surface area contributed by atoms with Crippen molar-refractivity contribution in [3.63, 3.8) is 0 Å². The zero-order chi connectivity index (χ0) is 9.26. The molecule has 2 heterocycles. The van der Waals surface area contributed by atoms with Gasteiger partial charge in [0.05, 0.1) is 10.6 Å². The van der Waals surface area contributed by atoms with Gasteiger partial charge in [-0.25, -0.2) is 9.78 Å². The molecule has 4 heteroatoms. The minimum atomic E-state index is -0.302. The van der Waals surface area contributed by atoms with Gasteiger partial charge in [-0.2, -0.15) is 0 Å². The van der Waals surface area contributed by atoms with Gasteiger partial charge in [0.25, 0.3) is 0 Å². The van der Waals surface area contributed by atoms with Crippen molar-refractivity contribution in [2.75, 3.05) is 0 Å². The predicted octanol–water partition coefficient (Wildman–Crippen LogP) is 1.81. The molecule has 0 saturated heterocycles. The number of hydrogen-bond donors (Lipinski definition) is 1. The van der Waals surface area contributed by atoms with Gasteiger partial charge in [-0.15, -0.1) is 11.3 Å². The number of aryl methyl sites for hydroxylation is 1. The van der Waals surface area contributed by atoms with Crippen LogP contribution in [-0.4, -0.2) is 9.97 Å². The molecule has 2 aromatic rings. The Morgan fingerprint density at radius 3 is 2.85 bits per heavy atom. The largest absolute Gasteiger partial charge is 0.345 e. The summed E-state index contributed by atoms with van der Waals surface area (Å²) >= 11 is 1.65. The van der Waals surface area contributed by atoms with Crippen molar-refractivity contribution in [3.05, 3.63) is 39.8 Å². The van der Waals surface area contributed by atoms with Crippen molar-refractivity contribution in [1.82, 2.24) is 9.97 Å². The molecule has 0 aliphatic rings. The lowest BCUT2D eigenvalue weighted by atomic mass is 10.3. The Balaban J connectivity index is 2.52. The summed E-state index contributed by atoms with van der Waals surface area (Å²) in [5.41, 5.74) is 0.529. The van der Waals surface area contributed by atoms with Crippen LogP contribution < -0.4 is 5.69 Å². The number of nitrogens with one attached hydrogen (secondary N) is 1. The van der Waals surface area contributed by atoms with E-state index in [2.05, 4.69) is 9.97 Å². The van der Waals surface area contributed by atoms with Crippen LogP contribution in [0.4, 0.5) is 0 Å². The predicted molar refractivity (Wildman–Crippen MR) is 52.9 cm³/mol. The molecule has 0 fully saturated rings. The minimum Gasteiger partial charge on any atom is -0.305 e. The molecule has 1 N–H and O–H groups in total. The standard InChI is InChI=1S/C9H8N2OS/c1-6-2-3-8(13-6)7-4-5-10-9(12)11-7/h2-5H,1H3,(H,10,11,12). The second-order valence-corrected chi connectivity index (χ2v) is 3.99. The lowest BCUT2D eigenvalue weighted by molar-refractivity contribution is 1.08. The van der Waals surface area contributed by atoms with E-state index in [4.69, 9.17) is 0 Å².